The fourth-order valence-corrected chi connectivity index (χ4v) is 4.54. The van der Waals surface area contributed by atoms with Crippen molar-refractivity contribution in [1.82, 2.24) is 20.1 Å². The average molecular weight is 529 g/mol. The molecule has 4 rings (SSSR count). The van der Waals surface area contributed by atoms with Gasteiger partial charge in [-0.2, -0.15) is 5.26 Å². The number of nitrogens with zero attached hydrogens (tertiary/aromatic N) is 5. The molecule has 2 aliphatic rings. The van der Waals surface area contributed by atoms with E-state index in [9.17, 15) is 33.7 Å². The van der Waals surface area contributed by atoms with Crippen LogP contribution in [0.15, 0.2) is 42.6 Å². The van der Waals surface area contributed by atoms with E-state index in [1.54, 1.807) is 24.3 Å². The number of aromatic nitrogens is 1. The number of halogens is 2. The lowest BCUT2D eigenvalue weighted by molar-refractivity contribution is -0.386. The van der Waals surface area contributed by atoms with Crippen molar-refractivity contribution in [3.8, 4) is 17.7 Å². The first kappa shape index (κ1) is 26.9. The molecule has 0 bridgehead atoms. The van der Waals surface area contributed by atoms with Crippen molar-refractivity contribution in [2.75, 3.05) is 26.2 Å². The van der Waals surface area contributed by atoms with Gasteiger partial charge in [-0.25, -0.2) is 13.8 Å². The standard InChI is InChI=1S/C25H26F2N6O5/c26-25(27)9-12-31(16-25)24(35)20(30-15-22(34)32-11-2-3-18(32)14-28)13-17-5-7-19(8-6-17)38-23-21(33(36)37)4-1-10-29-23/h1,4-8,10,18,20,30H,2-3,9,11-13,15-16H2/t18-,20-/m0/s1. The molecule has 1 aromatic heterocycles. The third kappa shape index (κ3) is 6.38. The highest BCUT2D eigenvalue weighted by Gasteiger charge is 2.42. The molecule has 2 fully saturated rings. The van der Waals surface area contributed by atoms with Gasteiger partial charge in [0.05, 0.1) is 30.1 Å². The molecule has 0 radical (unpaired) electrons. The van der Waals surface area contributed by atoms with Crippen LogP contribution in [0, 0.1) is 21.4 Å². The maximum absolute atomic E-state index is 13.8. The summed E-state index contributed by atoms with van der Waals surface area (Å²) in [5.41, 5.74) is 0.350. The van der Waals surface area contributed by atoms with E-state index in [0.29, 0.717) is 24.9 Å². The highest BCUT2D eigenvalue weighted by atomic mass is 19.3. The Morgan fingerprint density at radius 3 is 2.71 bits per heavy atom. The molecule has 1 aromatic carbocycles. The van der Waals surface area contributed by atoms with Crippen LogP contribution in [-0.2, 0) is 16.0 Å². The largest absolute Gasteiger partial charge is 0.434 e. The van der Waals surface area contributed by atoms with Crippen LogP contribution >= 0.6 is 0 Å². The molecule has 1 N–H and O–H groups in total. The van der Waals surface area contributed by atoms with Gasteiger partial charge in [-0.3, -0.25) is 25.0 Å². The predicted octanol–water partition coefficient (Wildman–Crippen LogP) is 2.66. The molecule has 0 saturated carbocycles. The van der Waals surface area contributed by atoms with Crippen LogP contribution in [0.4, 0.5) is 14.5 Å². The number of hydrogen-bond donors (Lipinski definition) is 1. The van der Waals surface area contributed by atoms with Gasteiger partial charge >= 0.3 is 5.69 Å². The molecule has 2 saturated heterocycles. The van der Waals surface area contributed by atoms with E-state index in [0.717, 1.165) is 4.90 Å². The molecule has 2 atom stereocenters. The second-order valence-corrected chi connectivity index (χ2v) is 9.21. The highest BCUT2D eigenvalue weighted by molar-refractivity contribution is 5.84. The van der Waals surface area contributed by atoms with Crippen LogP contribution in [0.2, 0.25) is 0 Å². The van der Waals surface area contributed by atoms with E-state index >= 15 is 0 Å². The molecule has 2 aromatic rings. The Bertz CT molecular complexity index is 1240. The first-order chi connectivity index (χ1) is 18.2. The summed E-state index contributed by atoms with van der Waals surface area (Å²) >= 11 is 0. The second-order valence-electron chi connectivity index (χ2n) is 9.21. The third-order valence-corrected chi connectivity index (χ3v) is 6.53. The van der Waals surface area contributed by atoms with Crippen molar-refractivity contribution in [1.29, 1.82) is 5.26 Å². The average Bonchev–Trinajstić information content (AvgIpc) is 3.53. The van der Waals surface area contributed by atoms with Crippen molar-refractivity contribution in [3.63, 3.8) is 0 Å². The highest BCUT2D eigenvalue weighted by Crippen LogP contribution is 2.29. The minimum Gasteiger partial charge on any atom is -0.434 e. The number of amides is 2. The zero-order valence-corrected chi connectivity index (χ0v) is 20.4. The summed E-state index contributed by atoms with van der Waals surface area (Å²) in [5.74, 6) is -3.74. The number of nitrogens with one attached hydrogen (secondary N) is 1. The van der Waals surface area contributed by atoms with E-state index in [2.05, 4.69) is 16.4 Å². The number of carbonyl (C=O) groups excluding carboxylic acids is 2. The number of nitro groups is 1. The summed E-state index contributed by atoms with van der Waals surface area (Å²) in [6.45, 7) is -0.540. The Morgan fingerprint density at radius 2 is 2.05 bits per heavy atom. The number of nitriles is 1. The van der Waals surface area contributed by atoms with E-state index in [1.807, 2.05) is 0 Å². The number of likely N-dealkylation sites (tertiary alicyclic amines) is 2. The van der Waals surface area contributed by atoms with Gasteiger partial charge in [0.25, 0.3) is 11.8 Å². The Hall–Kier alpha value is -4.18. The van der Waals surface area contributed by atoms with Gasteiger partial charge in [-0.05, 0) is 43.0 Å². The van der Waals surface area contributed by atoms with Crippen molar-refractivity contribution in [2.45, 2.75) is 43.7 Å². The first-order valence-corrected chi connectivity index (χ1v) is 12.1. The van der Waals surface area contributed by atoms with Crippen LogP contribution in [0.1, 0.15) is 24.8 Å². The summed E-state index contributed by atoms with van der Waals surface area (Å²) in [4.78, 5) is 42.9. The Labute approximate surface area is 217 Å². The molecule has 200 valence electrons. The van der Waals surface area contributed by atoms with E-state index < -0.39 is 41.8 Å². The molecule has 38 heavy (non-hydrogen) atoms. The third-order valence-electron chi connectivity index (χ3n) is 6.53. The smallest absolute Gasteiger partial charge is 0.331 e. The van der Waals surface area contributed by atoms with E-state index in [1.165, 1.54) is 23.2 Å². The Kier molecular flexibility index (Phi) is 8.11. The van der Waals surface area contributed by atoms with Crippen molar-refractivity contribution in [3.05, 3.63) is 58.3 Å². The number of rotatable bonds is 9. The molecular formula is C25H26F2N6O5. The van der Waals surface area contributed by atoms with E-state index in [-0.39, 0.29) is 42.7 Å². The summed E-state index contributed by atoms with van der Waals surface area (Å²) < 4.78 is 33.1. The fourth-order valence-electron chi connectivity index (χ4n) is 4.54. The molecule has 2 aliphatic heterocycles. The molecule has 2 amide bonds. The van der Waals surface area contributed by atoms with Gasteiger partial charge in [0, 0.05) is 31.8 Å². The number of carbonyl (C=O) groups is 2. The molecule has 0 aliphatic carbocycles. The van der Waals surface area contributed by atoms with Gasteiger partial charge in [0.2, 0.25) is 11.8 Å². The van der Waals surface area contributed by atoms with Crippen LogP contribution in [0.5, 0.6) is 11.6 Å². The summed E-state index contributed by atoms with van der Waals surface area (Å²) in [6, 6.07) is 9.68. The van der Waals surface area contributed by atoms with Crippen LogP contribution in [0.3, 0.4) is 0 Å². The number of benzene rings is 1. The van der Waals surface area contributed by atoms with Crippen LogP contribution in [0.25, 0.3) is 0 Å². The SMILES string of the molecule is N#C[C@@H]1CCCN1C(=O)CN[C@@H](Cc1ccc(Oc2ncccc2[N+](=O)[O-])cc1)C(=O)N1CCC(F)(F)C1. The molecular weight excluding hydrogens is 502 g/mol. The second kappa shape index (κ2) is 11.5. The van der Waals surface area contributed by atoms with E-state index in [4.69, 9.17) is 4.74 Å². The zero-order chi connectivity index (χ0) is 27.3. The lowest BCUT2D eigenvalue weighted by Gasteiger charge is -2.26. The van der Waals surface area contributed by atoms with Crippen molar-refractivity contribution < 1.29 is 28.0 Å². The summed E-state index contributed by atoms with van der Waals surface area (Å²) in [7, 11) is 0. The quantitative estimate of drug-likeness (QED) is 0.387. The van der Waals surface area contributed by atoms with Crippen molar-refractivity contribution in [2.24, 2.45) is 0 Å². The summed E-state index contributed by atoms with van der Waals surface area (Å²) in [5, 5.41) is 23.3. The predicted molar refractivity (Wildman–Crippen MR) is 129 cm³/mol. The van der Waals surface area contributed by atoms with Gasteiger partial charge in [-0.1, -0.05) is 12.1 Å². The Morgan fingerprint density at radius 1 is 1.29 bits per heavy atom. The molecule has 11 nitrogen and oxygen atoms in total. The molecule has 3 heterocycles. The van der Waals surface area contributed by atoms with Crippen LogP contribution < -0.4 is 10.1 Å². The van der Waals surface area contributed by atoms with Gasteiger partial charge in [-0.15, -0.1) is 0 Å². The number of alkyl halides is 2. The van der Waals surface area contributed by atoms with Gasteiger partial charge < -0.3 is 14.5 Å². The summed E-state index contributed by atoms with van der Waals surface area (Å²) in [6.07, 6.45) is 2.34. The number of hydrogen-bond acceptors (Lipinski definition) is 8. The van der Waals surface area contributed by atoms with Gasteiger partial charge in [0.15, 0.2) is 0 Å². The maximum atomic E-state index is 13.8. The zero-order valence-electron chi connectivity index (χ0n) is 20.4. The Balaban J connectivity index is 1.45. The monoisotopic (exact) mass is 528 g/mol. The molecule has 13 heteroatoms. The lowest BCUT2D eigenvalue weighted by Crippen LogP contribution is -2.51. The number of pyridine rings is 1. The fraction of sp³-hybridized carbons (Fsp3) is 0.440. The molecule has 0 spiro atoms. The minimum absolute atomic E-state index is 0.0871. The minimum atomic E-state index is -2.96. The number of ether oxygens (including phenoxy) is 1. The normalized spacial score (nSPS) is 19.1. The lowest BCUT2D eigenvalue weighted by atomic mass is 10.0. The molecule has 0 unspecified atom stereocenters. The van der Waals surface area contributed by atoms with Crippen LogP contribution in [-0.4, -0.2) is 75.7 Å². The maximum Gasteiger partial charge on any atom is 0.331 e. The first-order valence-electron chi connectivity index (χ1n) is 12.1. The van der Waals surface area contributed by atoms with Crippen molar-refractivity contribution >= 4 is 17.5 Å². The topological polar surface area (TPSA) is 142 Å². The van der Waals surface area contributed by atoms with Gasteiger partial charge in [0.1, 0.15) is 11.8 Å².